The van der Waals surface area contributed by atoms with Crippen molar-refractivity contribution in [3.8, 4) is 17.2 Å². The molecule has 3 atom stereocenters. The number of anilines is 1. The number of thioether (sulfide) groups is 2. The van der Waals surface area contributed by atoms with Crippen molar-refractivity contribution in [3.05, 3.63) is 381 Å². The molecule has 0 spiro atoms. The summed E-state index contributed by atoms with van der Waals surface area (Å²) in [6, 6.07) is 86.1. The Hall–Kier alpha value is -14.2. The van der Waals surface area contributed by atoms with E-state index < -0.39 is 112 Å². The van der Waals surface area contributed by atoms with Gasteiger partial charge in [0.25, 0.3) is 23.4 Å². The van der Waals surface area contributed by atoms with Gasteiger partial charge in [0, 0.05) is 48.9 Å². The quantitative estimate of drug-likeness (QED) is 0.00506. The minimum absolute atomic E-state index is 0.0429. The summed E-state index contributed by atoms with van der Waals surface area (Å²) >= 11 is 3.59. The number of benzene rings is 10. The molecule has 3 aromatic heterocycles. The maximum Gasteiger partial charge on any atom is 0.379 e. The zero-order chi connectivity index (χ0) is 82.5. The molecule has 119 heavy (non-hydrogen) atoms. The van der Waals surface area contributed by atoms with Gasteiger partial charge in [0.05, 0.1) is 0 Å². The number of nitrogens with zero attached hydrogens (tertiary/aromatic N) is 7. The smallest absolute Gasteiger partial charge is 0.379 e. The Morgan fingerprint density at radius 1 is 0.529 bits per heavy atom. The van der Waals surface area contributed by atoms with Crippen LogP contribution in [-0.4, -0.2) is 106 Å². The second kappa shape index (κ2) is 36.3. The first-order valence-electron chi connectivity index (χ1n) is 37.6. The van der Waals surface area contributed by atoms with Gasteiger partial charge in [0.15, 0.2) is 40.7 Å². The van der Waals surface area contributed by atoms with Crippen LogP contribution in [0.3, 0.4) is 0 Å². The molecule has 27 heteroatoms. The second-order valence-electron chi connectivity index (χ2n) is 27.4. The summed E-state index contributed by atoms with van der Waals surface area (Å²) in [7, 11) is 0. The third-order valence-corrected chi connectivity index (χ3v) is 22.4. The Morgan fingerprint density at radius 2 is 0.958 bits per heavy atom. The van der Waals surface area contributed by atoms with E-state index in [4.69, 9.17) is 38.2 Å². The highest BCUT2D eigenvalue weighted by Gasteiger charge is 2.55. The average Bonchev–Trinajstić information content (AvgIpc) is 1.50. The van der Waals surface area contributed by atoms with Crippen LogP contribution < -0.4 is 24.8 Å². The first-order chi connectivity index (χ1) is 57.9. The van der Waals surface area contributed by atoms with Crippen LogP contribution in [0.2, 0.25) is 0 Å². The summed E-state index contributed by atoms with van der Waals surface area (Å²) in [6.45, 7) is 4.97. The fourth-order valence-corrected chi connectivity index (χ4v) is 17.2. The predicted molar refractivity (Wildman–Crippen MR) is 446 cm³/mol. The largest absolute Gasteiger partial charge is 0.449 e. The number of aryl methyl sites for hydroxylation is 1. The second-order valence-corrected chi connectivity index (χ2v) is 30.4. The van der Waals surface area contributed by atoms with Crippen molar-refractivity contribution in [2.75, 3.05) is 16.8 Å². The van der Waals surface area contributed by atoms with Crippen LogP contribution >= 0.6 is 34.9 Å². The highest BCUT2D eigenvalue weighted by Crippen LogP contribution is 2.47. The van der Waals surface area contributed by atoms with Crippen LogP contribution in [0.25, 0.3) is 5.78 Å². The van der Waals surface area contributed by atoms with Gasteiger partial charge in [-0.2, -0.15) is 9.50 Å². The first-order valence-corrected chi connectivity index (χ1v) is 40.5. The number of aromatic nitrogens is 5. The number of carbonyl (C=O) groups is 8. The topological polar surface area (TPSA) is 297 Å². The van der Waals surface area contributed by atoms with Gasteiger partial charge >= 0.3 is 35.8 Å². The summed E-state index contributed by atoms with van der Waals surface area (Å²) in [5, 5.41) is 17.1. The molecule has 5 heterocycles. The predicted octanol–water partition coefficient (Wildman–Crippen LogP) is 15.6. The molecule has 2 aliphatic heterocycles. The average molecular weight is 1640 g/mol. The number of hydrogen-bond donors (Lipinski definition) is 2. The van der Waals surface area contributed by atoms with Crippen molar-refractivity contribution in [1.29, 1.82) is 0 Å². The van der Waals surface area contributed by atoms with Gasteiger partial charge in [0.2, 0.25) is 11.9 Å². The van der Waals surface area contributed by atoms with Crippen LogP contribution in [0.1, 0.15) is 123 Å². The molecule has 0 aliphatic carbocycles. The number of thiazole rings is 1. The summed E-state index contributed by atoms with van der Waals surface area (Å²) in [5.74, 6) is -8.90. The number of amides is 2. The van der Waals surface area contributed by atoms with Gasteiger partial charge in [-0.3, -0.25) is 28.9 Å². The van der Waals surface area contributed by atoms with Crippen LogP contribution in [0.4, 0.5) is 5.13 Å². The first kappa shape index (κ1) is 80.1. The molecule has 24 nitrogen and oxygen atoms in total. The molecule has 0 radical (unpaired) electrons. The van der Waals surface area contributed by atoms with E-state index in [9.17, 15) is 19.2 Å². The number of β-lactam (4-membered cyclic amide) rings is 1. The van der Waals surface area contributed by atoms with E-state index in [-0.39, 0.29) is 45.2 Å². The van der Waals surface area contributed by atoms with E-state index in [2.05, 4.69) is 30.9 Å². The molecular weight excluding hydrogens is 1570 g/mol. The molecule has 13 aromatic rings. The molecule has 0 saturated carbocycles. The third kappa shape index (κ3) is 18.0. The number of esters is 6. The number of rotatable bonds is 29. The zero-order valence-corrected chi connectivity index (χ0v) is 66.6. The molecule has 0 bridgehead atoms. The van der Waals surface area contributed by atoms with Crippen LogP contribution in [0.15, 0.2) is 318 Å². The molecule has 2 N–H and O–H groups in total. The Balaban J connectivity index is 0.819. The SMILES string of the molecule is CC(=O)Oc1cc(C(O/N=C(/C(=O)N[C@@H]2C(=O)N3C(C(=O)OC(c4ccccc4)c4ccccc4)=C(CSc4cc(C)nc5nc(C(=O)OC(c6ccccc6)c6ccccc6)nn45)CS[C@H]23)c2csc(NC(c3ccccc3)(c3ccccc3)c3ccccc3)n2)C(=O)OC(c2ccccc2)c2ccccc2)cc(OC(C)=O)c1OC(C)=O. The molecule has 15 rings (SSSR count). The van der Waals surface area contributed by atoms with Gasteiger partial charge in [-0.15, -0.1) is 40.0 Å². The van der Waals surface area contributed by atoms with Crippen molar-refractivity contribution in [3.63, 3.8) is 0 Å². The lowest BCUT2D eigenvalue weighted by Crippen LogP contribution is -2.71. The number of nitrogens with one attached hydrogen (secondary N) is 2. The van der Waals surface area contributed by atoms with E-state index in [0.29, 0.717) is 38.5 Å². The number of carbonyl (C=O) groups excluding carboxylic acids is 8. The minimum atomic E-state index is -2.10. The van der Waals surface area contributed by atoms with E-state index >= 15 is 19.2 Å². The Labute approximate surface area is 695 Å². The highest BCUT2D eigenvalue weighted by atomic mass is 32.2. The molecule has 594 valence electrons. The lowest BCUT2D eigenvalue weighted by molar-refractivity contribution is -0.162. The van der Waals surface area contributed by atoms with Crippen LogP contribution in [0.5, 0.6) is 17.2 Å². The lowest BCUT2D eigenvalue weighted by atomic mass is 9.77. The minimum Gasteiger partial charge on any atom is -0.449 e. The summed E-state index contributed by atoms with van der Waals surface area (Å²) < 4.78 is 37.4. The normalized spacial score (nSPS) is 14.2. The van der Waals surface area contributed by atoms with E-state index in [1.165, 1.54) is 38.3 Å². The molecule has 10 aromatic carbocycles. The van der Waals surface area contributed by atoms with E-state index in [1.807, 2.05) is 212 Å². The highest BCUT2D eigenvalue weighted by molar-refractivity contribution is 8.01. The van der Waals surface area contributed by atoms with Gasteiger partial charge < -0.3 is 43.9 Å². The van der Waals surface area contributed by atoms with Gasteiger partial charge in [0.1, 0.15) is 33.4 Å². The van der Waals surface area contributed by atoms with Crippen LogP contribution in [0, 0.1) is 6.92 Å². The van der Waals surface area contributed by atoms with Gasteiger partial charge in [-0.25, -0.2) is 24.4 Å². The molecular formula is C92H73N9O15S3. The maximum atomic E-state index is 16.1. The fourth-order valence-electron chi connectivity index (χ4n) is 13.9. The van der Waals surface area contributed by atoms with E-state index in [0.717, 1.165) is 72.1 Å². The number of fused-ring (bicyclic) bond motifs is 2. The van der Waals surface area contributed by atoms with Crippen molar-refractivity contribution in [2.24, 2.45) is 5.16 Å². The third-order valence-electron chi connectivity index (χ3n) is 19.2. The molecule has 2 amide bonds. The maximum absolute atomic E-state index is 16.1. The van der Waals surface area contributed by atoms with Crippen molar-refractivity contribution in [2.45, 2.75) is 74.1 Å². The Bertz CT molecular complexity index is 5710. The van der Waals surface area contributed by atoms with E-state index in [1.54, 1.807) is 73.7 Å². The molecule has 1 unspecified atom stereocenters. The zero-order valence-electron chi connectivity index (χ0n) is 64.1. The lowest BCUT2D eigenvalue weighted by Gasteiger charge is -2.49. The Morgan fingerprint density at radius 3 is 1.40 bits per heavy atom. The number of oxime groups is 1. The summed E-state index contributed by atoms with van der Waals surface area (Å²) in [4.78, 5) is 138. The van der Waals surface area contributed by atoms with Crippen LogP contribution in [-0.2, 0) is 58.1 Å². The van der Waals surface area contributed by atoms with Gasteiger partial charge in [-0.1, -0.05) is 278 Å². The standard InChI is InChI=1S/C92H73N9O15S3/c1-56-50-74(101-90(93-56)96-83(98-101)89(109)115-80(64-40-22-9-23-41-64)65-42-24-10-25-43-65)117-53-67-54-118-86-76(85(106)100(86)77(67)87(107)113-78(60-32-14-5-15-33-60)61-34-16-6-17-35-61)95-84(105)75(71-55-119-91(94-71)97-92(68-44-26-11-27-45-68,69-46-28-12-29-47-69)70-48-30-13-31-49-70)99-116-81(88(108)114-79(62-36-18-7-19-37-62)63-38-20-8-21-39-63)66-51-72(110-57(2)102)82(112-59(4)104)73(52-66)111-58(3)103/h5-52,55,76,78-81,86H,53-54H2,1-4H3,(H,94,97)(H,95,105)/b99-75+/t76-,81?,86-/m1/s1. The van der Waals surface area contributed by atoms with Crippen molar-refractivity contribution in [1.82, 2.24) is 34.8 Å². The van der Waals surface area contributed by atoms with Gasteiger partial charge in [-0.05, 0) is 80.8 Å². The summed E-state index contributed by atoms with van der Waals surface area (Å²) in [5.41, 5.74) is 4.94. The monoisotopic (exact) mass is 1640 g/mol. The molecule has 1 fully saturated rings. The number of ether oxygens (including phenoxy) is 6. The molecule has 2 aliphatic rings. The number of hydrogen-bond acceptors (Lipinski definition) is 24. The summed E-state index contributed by atoms with van der Waals surface area (Å²) in [6.07, 6.45) is -5.02. The van der Waals surface area contributed by atoms with Crippen molar-refractivity contribution >= 4 is 99.1 Å². The molecule has 1 saturated heterocycles. The van der Waals surface area contributed by atoms with Crippen molar-refractivity contribution < 1.29 is 71.6 Å². The Kier molecular flexibility index (Phi) is 24.5. The fraction of sp³-hybridized carbons (Fsp3) is 0.141.